The third kappa shape index (κ3) is 6.53. The Bertz CT molecular complexity index is 1140. The van der Waals surface area contributed by atoms with Crippen molar-refractivity contribution in [3.63, 3.8) is 0 Å². The number of ether oxygens (including phenoxy) is 1. The highest BCUT2D eigenvalue weighted by molar-refractivity contribution is 7.37. The fraction of sp³-hybridized carbons (Fsp3) is 0.308. The smallest absolute Gasteiger partial charge is 0.189 e. The number of anilines is 1. The molecule has 33 heavy (non-hydrogen) atoms. The molecule has 2 aromatic rings. The van der Waals surface area contributed by atoms with E-state index in [1.807, 2.05) is 43.3 Å². The average Bonchev–Trinajstić information content (AvgIpc) is 2.78. The second kappa shape index (κ2) is 11.3. The third-order valence-electron chi connectivity index (χ3n) is 5.74. The minimum absolute atomic E-state index is 0.104. The van der Waals surface area contributed by atoms with Crippen LogP contribution in [0.4, 0.5) is 5.69 Å². The lowest BCUT2D eigenvalue weighted by Crippen LogP contribution is -2.28. The normalized spacial score (nSPS) is 15.2. The molecule has 0 saturated heterocycles. The van der Waals surface area contributed by atoms with Crippen LogP contribution in [0.3, 0.4) is 0 Å². The van der Waals surface area contributed by atoms with Crippen molar-refractivity contribution in [2.24, 2.45) is 0 Å². The number of hydrogen-bond acceptors (Lipinski definition) is 4. The molecule has 1 unspecified atom stereocenters. The third-order valence-corrected chi connectivity index (χ3v) is 6.52. The van der Waals surface area contributed by atoms with Gasteiger partial charge >= 0.3 is 0 Å². The fourth-order valence-corrected chi connectivity index (χ4v) is 4.24. The van der Waals surface area contributed by atoms with Gasteiger partial charge in [-0.15, -0.1) is 0 Å². The minimum Gasteiger partial charge on any atom is -0.494 e. The number of nitrogens with one attached hydrogen (secondary N) is 3. The Kier molecular flexibility index (Phi) is 8.43. The number of benzene rings is 2. The van der Waals surface area contributed by atoms with Crippen LogP contribution in [0.25, 0.3) is 5.57 Å². The number of amidine groups is 1. The molecular weight excluding hydrogens is 433 g/mol. The van der Waals surface area contributed by atoms with E-state index < -0.39 is 8.03 Å². The topological polar surface area (TPSA) is 106 Å². The summed E-state index contributed by atoms with van der Waals surface area (Å²) in [4.78, 5) is 8.89. The lowest BCUT2D eigenvalue weighted by Gasteiger charge is -2.23. The Balaban J connectivity index is 1.66. The first-order valence-corrected chi connectivity index (χ1v) is 12.8. The minimum atomic E-state index is -2.43. The monoisotopic (exact) mass is 465 g/mol. The van der Waals surface area contributed by atoms with Gasteiger partial charge in [-0.1, -0.05) is 37.3 Å². The molecule has 6 nitrogen and oxygen atoms in total. The first-order chi connectivity index (χ1) is 15.8. The highest BCUT2D eigenvalue weighted by atomic mass is 31.1. The van der Waals surface area contributed by atoms with E-state index in [0.717, 1.165) is 53.0 Å². The molecule has 174 valence electrons. The highest BCUT2D eigenvalue weighted by Gasteiger charge is 2.23. The van der Waals surface area contributed by atoms with Crippen molar-refractivity contribution < 1.29 is 14.2 Å². The molecule has 1 aliphatic heterocycles. The number of hydrogen-bond donors (Lipinski definition) is 4. The summed E-state index contributed by atoms with van der Waals surface area (Å²) in [6.45, 7) is 8.78. The summed E-state index contributed by atoms with van der Waals surface area (Å²) in [7, 11) is -2.43. The molecule has 0 fully saturated rings. The molecule has 1 heterocycles. The second-order valence-electron chi connectivity index (χ2n) is 8.26. The van der Waals surface area contributed by atoms with Crippen LogP contribution in [0.5, 0.6) is 5.75 Å². The summed E-state index contributed by atoms with van der Waals surface area (Å²) >= 11 is 0. The predicted molar refractivity (Wildman–Crippen MR) is 138 cm³/mol. The summed E-state index contributed by atoms with van der Waals surface area (Å²) in [5.41, 5.74) is 7.12. The van der Waals surface area contributed by atoms with Gasteiger partial charge in [0.2, 0.25) is 0 Å². The Labute approximate surface area is 196 Å². The van der Waals surface area contributed by atoms with Crippen molar-refractivity contribution >= 4 is 30.8 Å². The zero-order valence-electron chi connectivity index (χ0n) is 19.3. The van der Waals surface area contributed by atoms with Crippen LogP contribution in [0, 0.1) is 17.7 Å². The zero-order valence-corrected chi connectivity index (χ0v) is 20.3. The van der Waals surface area contributed by atoms with Gasteiger partial charge in [0, 0.05) is 23.0 Å². The second-order valence-corrected chi connectivity index (χ2v) is 9.55. The van der Waals surface area contributed by atoms with Crippen LogP contribution in [0.1, 0.15) is 42.0 Å². The first kappa shape index (κ1) is 24.7. The van der Waals surface area contributed by atoms with Gasteiger partial charge in [-0.25, -0.2) is 0 Å². The molecule has 1 atom stereocenters. The Morgan fingerprint density at radius 3 is 2.73 bits per heavy atom. The Morgan fingerprint density at radius 1 is 1.24 bits per heavy atom. The molecule has 0 aliphatic carbocycles. The molecule has 0 aromatic heterocycles. The van der Waals surface area contributed by atoms with Crippen molar-refractivity contribution in [3.05, 3.63) is 76.9 Å². The molecule has 1 aliphatic rings. The van der Waals surface area contributed by atoms with E-state index in [1.54, 1.807) is 0 Å². The van der Waals surface area contributed by atoms with Gasteiger partial charge in [0.05, 0.1) is 6.61 Å². The maximum absolute atomic E-state index is 10.8. The van der Waals surface area contributed by atoms with E-state index in [2.05, 4.69) is 24.9 Å². The lowest BCUT2D eigenvalue weighted by atomic mass is 9.90. The van der Waals surface area contributed by atoms with E-state index in [9.17, 15) is 4.57 Å². The van der Waals surface area contributed by atoms with Crippen LogP contribution in [0.15, 0.2) is 54.6 Å². The molecule has 0 saturated carbocycles. The van der Waals surface area contributed by atoms with Crippen molar-refractivity contribution in [2.75, 3.05) is 18.1 Å². The first-order valence-electron chi connectivity index (χ1n) is 11.2. The van der Waals surface area contributed by atoms with Crippen LogP contribution in [-0.4, -0.2) is 29.2 Å². The maximum atomic E-state index is 10.8. The quantitative estimate of drug-likeness (QED) is 0.263. The van der Waals surface area contributed by atoms with Gasteiger partial charge in [0.25, 0.3) is 0 Å². The SMILES string of the molecule is C=C(/C=C1\C(=N)C(=N)Nc2cc(CC)ccc21)CCc1ccc(OCCC[PH](=O)O)cc1C. The Morgan fingerprint density at radius 2 is 2.03 bits per heavy atom. The van der Waals surface area contributed by atoms with Crippen molar-refractivity contribution in [2.45, 2.75) is 39.5 Å². The average molecular weight is 466 g/mol. The molecule has 3 rings (SSSR count). The standard InChI is InChI=1S/C26H32N3O3P/c1-4-19-7-11-22-23(25(27)26(28)29-24(22)16-19)14-17(2)6-8-20-9-10-21(15-18(20)3)32-12-5-13-33(30)31/h7,9-11,14-16,27,33H,2,4-6,8,12-13H2,1,3H3,(H2,28,29)(H,30,31)/b23-14-,27-25?. The van der Waals surface area contributed by atoms with Crippen molar-refractivity contribution in [1.29, 1.82) is 10.8 Å². The van der Waals surface area contributed by atoms with Crippen molar-refractivity contribution in [1.82, 2.24) is 0 Å². The van der Waals surface area contributed by atoms with Gasteiger partial charge in [-0.05, 0) is 73.6 Å². The molecular formula is C26H32N3O3P. The molecule has 0 spiro atoms. The Hall–Kier alpha value is -2.95. The zero-order chi connectivity index (χ0) is 24.0. The van der Waals surface area contributed by atoms with Gasteiger partial charge in [-0.3, -0.25) is 15.4 Å². The fourth-order valence-electron chi connectivity index (χ4n) is 3.79. The number of fused-ring (bicyclic) bond motifs is 1. The molecule has 0 bridgehead atoms. The number of aryl methyl sites for hydroxylation is 3. The molecule has 0 radical (unpaired) electrons. The molecule has 2 aromatic carbocycles. The summed E-state index contributed by atoms with van der Waals surface area (Å²) in [5.74, 6) is 0.868. The largest absolute Gasteiger partial charge is 0.494 e. The molecule has 4 N–H and O–H groups in total. The van der Waals surface area contributed by atoms with Crippen LogP contribution < -0.4 is 10.1 Å². The van der Waals surface area contributed by atoms with Crippen LogP contribution >= 0.6 is 8.03 Å². The van der Waals surface area contributed by atoms with Crippen LogP contribution in [-0.2, 0) is 17.4 Å². The molecule has 0 amide bonds. The van der Waals surface area contributed by atoms with Gasteiger partial charge in [0.15, 0.2) is 8.03 Å². The van der Waals surface area contributed by atoms with Crippen LogP contribution in [0.2, 0.25) is 0 Å². The maximum Gasteiger partial charge on any atom is 0.189 e. The lowest BCUT2D eigenvalue weighted by molar-refractivity contribution is 0.316. The van der Waals surface area contributed by atoms with Gasteiger partial charge < -0.3 is 14.9 Å². The summed E-state index contributed by atoms with van der Waals surface area (Å²) < 4.78 is 16.5. The van der Waals surface area contributed by atoms with E-state index in [1.165, 1.54) is 11.1 Å². The van der Waals surface area contributed by atoms with Crippen molar-refractivity contribution in [3.8, 4) is 5.75 Å². The molecule has 7 heteroatoms. The van der Waals surface area contributed by atoms with Gasteiger partial charge in [-0.2, -0.15) is 0 Å². The summed E-state index contributed by atoms with van der Waals surface area (Å²) in [6, 6.07) is 12.1. The highest BCUT2D eigenvalue weighted by Crippen LogP contribution is 2.32. The number of allylic oxidation sites excluding steroid dienone is 2. The summed E-state index contributed by atoms with van der Waals surface area (Å²) in [6.07, 6.45) is 5.25. The van der Waals surface area contributed by atoms with E-state index >= 15 is 0 Å². The predicted octanol–water partition coefficient (Wildman–Crippen LogP) is 5.79. The van der Waals surface area contributed by atoms with E-state index in [-0.39, 0.29) is 17.7 Å². The van der Waals surface area contributed by atoms with E-state index in [0.29, 0.717) is 13.0 Å². The van der Waals surface area contributed by atoms with Gasteiger partial charge in [0.1, 0.15) is 17.3 Å². The summed E-state index contributed by atoms with van der Waals surface area (Å²) in [5, 5.41) is 19.6. The number of rotatable bonds is 10. The van der Waals surface area contributed by atoms with E-state index in [4.69, 9.17) is 20.4 Å².